The van der Waals surface area contributed by atoms with Crippen LogP contribution in [0, 0.1) is 5.82 Å². The third-order valence-electron chi connectivity index (χ3n) is 4.43. The Morgan fingerprint density at radius 2 is 1.75 bits per heavy atom. The third kappa shape index (κ3) is 2.77. The summed E-state index contributed by atoms with van der Waals surface area (Å²) in [5.74, 6) is 1.44. The van der Waals surface area contributed by atoms with Crippen LogP contribution in [0.1, 0.15) is 18.4 Å². The smallest absolute Gasteiger partial charge is 0.227 e. The minimum atomic E-state index is -0.173. The van der Waals surface area contributed by atoms with Crippen LogP contribution in [0.25, 0.3) is 11.4 Å². The topological polar surface area (TPSA) is 34.0 Å². The van der Waals surface area contributed by atoms with Gasteiger partial charge in [0.2, 0.25) is 5.95 Å². The molecule has 4 nitrogen and oxygen atoms in total. The van der Waals surface area contributed by atoms with Crippen molar-refractivity contribution in [3.05, 3.63) is 66.0 Å². The molecule has 24 heavy (non-hydrogen) atoms. The van der Waals surface area contributed by atoms with Crippen molar-refractivity contribution in [1.82, 2.24) is 14.8 Å². The maximum atomic E-state index is 14.1. The molecule has 0 atom stereocenters. The standard InChI is InChI=1S/C19H19FN4/c1-23-18(14-7-3-2-4-8-14)21-22-19(23)24(16-11-12-16)13-15-9-5-6-10-17(15)20/h2-10,16H,11-13H2,1H3. The molecule has 1 saturated carbocycles. The molecule has 0 N–H and O–H groups in total. The van der Waals surface area contributed by atoms with Crippen molar-refractivity contribution in [2.75, 3.05) is 4.90 Å². The van der Waals surface area contributed by atoms with Gasteiger partial charge < -0.3 is 4.90 Å². The fourth-order valence-corrected chi connectivity index (χ4v) is 2.97. The molecule has 0 amide bonds. The molecular weight excluding hydrogens is 303 g/mol. The van der Waals surface area contributed by atoms with E-state index < -0.39 is 0 Å². The molecule has 1 aromatic heterocycles. The molecule has 5 heteroatoms. The van der Waals surface area contributed by atoms with E-state index in [9.17, 15) is 4.39 Å². The van der Waals surface area contributed by atoms with Crippen molar-refractivity contribution < 1.29 is 4.39 Å². The first-order valence-corrected chi connectivity index (χ1v) is 8.19. The van der Waals surface area contributed by atoms with Gasteiger partial charge in [-0.15, -0.1) is 10.2 Å². The van der Waals surface area contributed by atoms with Gasteiger partial charge in [-0.05, 0) is 18.9 Å². The Bertz CT molecular complexity index is 840. The lowest BCUT2D eigenvalue weighted by atomic mass is 10.2. The summed E-state index contributed by atoms with van der Waals surface area (Å²) in [6, 6.07) is 17.3. The average Bonchev–Trinajstić information content (AvgIpc) is 3.38. The molecule has 0 radical (unpaired) electrons. The van der Waals surface area contributed by atoms with Gasteiger partial charge >= 0.3 is 0 Å². The minimum absolute atomic E-state index is 0.173. The summed E-state index contributed by atoms with van der Waals surface area (Å²) in [6.07, 6.45) is 2.23. The van der Waals surface area contributed by atoms with Gasteiger partial charge in [-0.25, -0.2) is 4.39 Å². The number of hydrogen-bond acceptors (Lipinski definition) is 3. The zero-order valence-electron chi connectivity index (χ0n) is 13.6. The van der Waals surface area contributed by atoms with Crippen molar-refractivity contribution in [2.24, 2.45) is 7.05 Å². The summed E-state index contributed by atoms with van der Waals surface area (Å²) in [5.41, 5.74) is 1.72. The summed E-state index contributed by atoms with van der Waals surface area (Å²) in [6.45, 7) is 0.512. The Kier molecular flexibility index (Phi) is 3.76. The highest BCUT2D eigenvalue weighted by atomic mass is 19.1. The molecule has 1 heterocycles. The van der Waals surface area contributed by atoms with Crippen LogP contribution in [0.5, 0.6) is 0 Å². The highest BCUT2D eigenvalue weighted by Gasteiger charge is 2.33. The highest BCUT2D eigenvalue weighted by Crippen LogP contribution is 2.33. The van der Waals surface area contributed by atoms with Gasteiger partial charge in [-0.1, -0.05) is 48.5 Å². The van der Waals surface area contributed by atoms with Gasteiger partial charge in [0, 0.05) is 30.8 Å². The fourth-order valence-electron chi connectivity index (χ4n) is 2.97. The lowest BCUT2D eigenvalue weighted by Crippen LogP contribution is -2.28. The molecule has 0 aliphatic heterocycles. The Morgan fingerprint density at radius 1 is 1.04 bits per heavy atom. The quantitative estimate of drug-likeness (QED) is 0.717. The van der Waals surface area contributed by atoms with Gasteiger partial charge in [-0.2, -0.15) is 0 Å². The number of nitrogens with zero attached hydrogens (tertiary/aromatic N) is 4. The van der Waals surface area contributed by atoms with Crippen LogP contribution in [0.4, 0.5) is 10.3 Å². The van der Waals surface area contributed by atoms with Gasteiger partial charge in [0.25, 0.3) is 0 Å². The Hall–Kier alpha value is -2.69. The van der Waals surface area contributed by atoms with Crippen molar-refractivity contribution in [2.45, 2.75) is 25.4 Å². The van der Waals surface area contributed by atoms with Crippen LogP contribution in [0.15, 0.2) is 54.6 Å². The molecule has 0 saturated heterocycles. The molecule has 122 valence electrons. The van der Waals surface area contributed by atoms with E-state index in [4.69, 9.17) is 0 Å². The molecule has 0 unspecified atom stereocenters. The minimum Gasteiger partial charge on any atom is -0.333 e. The van der Waals surface area contributed by atoms with E-state index >= 15 is 0 Å². The van der Waals surface area contributed by atoms with Gasteiger partial charge in [-0.3, -0.25) is 4.57 Å². The van der Waals surface area contributed by atoms with Crippen LogP contribution in [-0.4, -0.2) is 20.8 Å². The first-order valence-electron chi connectivity index (χ1n) is 8.19. The van der Waals surface area contributed by atoms with Crippen LogP contribution in [-0.2, 0) is 13.6 Å². The first-order chi connectivity index (χ1) is 11.7. The second-order valence-electron chi connectivity index (χ2n) is 6.20. The van der Waals surface area contributed by atoms with Crippen molar-refractivity contribution in [3.63, 3.8) is 0 Å². The van der Waals surface area contributed by atoms with E-state index in [1.54, 1.807) is 6.07 Å². The number of benzene rings is 2. The normalized spacial score (nSPS) is 13.9. The van der Waals surface area contributed by atoms with Crippen molar-refractivity contribution in [1.29, 1.82) is 0 Å². The lowest BCUT2D eigenvalue weighted by Gasteiger charge is -2.23. The second-order valence-corrected chi connectivity index (χ2v) is 6.20. The van der Waals surface area contributed by atoms with E-state index in [0.717, 1.165) is 30.2 Å². The molecular formula is C19H19FN4. The van der Waals surface area contributed by atoms with Gasteiger partial charge in [0.05, 0.1) is 0 Å². The summed E-state index contributed by atoms with van der Waals surface area (Å²) in [5, 5.41) is 8.75. The first kappa shape index (κ1) is 14.9. The van der Waals surface area contributed by atoms with Crippen LogP contribution >= 0.6 is 0 Å². The molecule has 4 rings (SSSR count). The monoisotopic (exact) mass is 322 g/mol. The molecule has 0 spiro atoms. The average molecular weight is 322 g/mol. The Labute approximate surface area is 140 Å². The number of aromatic nitrogens is 3. The van der Waals surface area contributed by atoms with E-state index in [0.29, 0.717) is 18.2 Å². The van der Waals surface area contributed by atoms with Crippen LogP contribution in [0.3, 0.4) is 0 Å². The van der Waals surface area contributed by atoms with E-state index in [1.165, 1.54) is 6.07 Å². The molecule has 1 fully saturated rings. The number of rotatable bonds is 5. The lowest BCUT2D eigenvalue weighted by molar-refractivity contribution is 0.599. The predicted molar refractivity (Wildman–Crippen MR) is 92.0 cm³/mol. The molecule has 0 bridgehead atoms. The fraction of sp³-hybridized carbons (Fsp3) is 0.263. The third-order valence-corrected chi connectivity index (χ3v) is 4.43. The second kappa shape index (κ2) is 6.07. The van der Waals surface area contributed by atoms with Crippen molar-refractivity contribution in [3.8, 4) is 11.4 Å². The molecule has 2 aromatic carbocycles. The van der Waals surface area contributed by atoms with Gasteiger partial charge in [0.15, 0.2) is 5.82 Å². The summed E-state index contributed by atoms with van der Waals surface area (Å²) in [7, 11) is 1.97. The Balaban J connectivity index is 1.68. The van der Waals surface area contributed by atoms with E-state index in [-0.39, 0.29) is 5.82 Å². The van der Waals surface area contributed by atoms with Crippen LogP contribution in [0.2, 0.25) is 0 Å². The summed E-state index contributed by atoms with van der Waals surface area (Å²) >= 11 is 0. The molecule has 3 aromatic rings. The maximum Gasteiger partial charge on any atom is 0.227 e. The number of hydrogen-bond donors (Lipinski definition) is 0. The number of anilines is 1. The summed E-state index contributed by atoms with van der Waals surface area (Å²) in [4.78, 5) is 2.16. The van der Waals surface area contributed by atoms with Crippen molar-refractivity contribution >= 4 is 5.95 Å². The number of halogens is 1. The van der Waals surface area contributed by atoms with E-state index in [1.807, 2.05) is 54.1 Å². The summed E-state index contributed by atoms with van der Waals surface area (Å²) < 4.78 is 16.0. The van der Waals surface area contributed by atoms with Gasteiger partial charge in [0.1, 0.15) is 5.82 Å². The largest absolute Gasteiger partial charge is 0.333 e. The Morgan fingerprint density at radius 3 is 2.46 bits per heavy atom. The zero-order chi connectivity index (χ0) is 16.5. The SMILES string of the molecule is Cn1c(-c2ccccc2)nnc1N(Cc1ccccc1F)C1CC1. The molecule has 1 aliphatic rings. The predicted octanol–water partition coefficient (Wildman–Crippen LogP) is 3.79. The van der Waals surface area contributed by atoms with Crippen LogP contribution < -0.4 is 4.90 Å². The maximum absolute atomic E-state index is 14.1. The zero-order valence-corrected chi connectivity index (χ0v) is 13.6. The van der Waals surface area contributed by atoms with E-state index in [2.05, 4.69) is 15.1 Å². The highest BCUT2D eigenvalue weighted by molar-refractivity contribution is 5.57. The molecule has 1 aliphatic carbocycles.